The maximum absolute atomic E-state index is 12.5. The molecule has 0 aliphatic heterocycles. The minimum absolute atomic E-state index is 0.0308. The molecule has 1 amide bonds. The molecular weight excluding hydrogens is 252 g/mol. The minimum atomic E-state index is -0.0308. The van der Waals surface area contributed by atoms with Crippen molar-refractivity contribution in [1.82, 2.24) is 0 Å². The predicted octanol–water partition coefficient (Wildman–Crippen LogP) is 2.81. The number of carbonyl (C=O) groups excluding carboxylic acids is 1. The summed E-state index contributed by atoms with van der Waals surface area (Å²) in [5.74, 6) is 0.878. The molecule has 0 atom stereocenters. The Morgan fingerprint density at radius 2 is 2.05 bits per heavy atom. The van der Waals surface area contributed by atoms with Gasteiger partial charge in [-0.15, -0.1) is 0 Å². The monoisotopic (exact) mass is 278 g/mol. The van der Waals surface area contributed by atoms with Crippen molar-refractivity contribution in [2.45, 2.75) is 33.6 Å². The van der Waals surface area contributed by atoms with Crippen molar-refractivity contribution in [2.75, 3.05) is 25.1 Å². The van der Waals surface area contributed by atoms with E-state index in [9.17, 15) is 4.79 Å². The third kappa shape index (κ3) is 5.21. The third-order valence-electron chi connectivity index (χ3n) is 2.93. The molecule has 0 saturated carbocycles. The Hall–Kier alpha value is -1.55. The summed E-state index contributed by atoms with van der Waals surface area (Å²) in [6.07, 6.45) is 1.29. The molecule has 0 saturated heterocycles. The first kappa shape index (κ1) is 16.5. The van der Waals surface area contributed by atoms with Gasteiger partial charge in [0.05, 0.1) is 7.11 Å². The number of nitrogens with zero attached hydrogens (tertiary/aromatic N) is 1. The number of methoxy groups -OCH3 is 1. The average Bonchev–Trinajstić information content (AvgIpc) is 2.37. The standard InChI is InChI=1S/C16H26N2O2/c1-16(2,3)12-15(19)18(10-6-9-17)13-7-5-8-14(11-13)20-4/h5,7-8,11H,6,9-10,12,17H2,1-4H3. The summed E-state index contributed by atoms with van der Waals surface area (Å²) in [4.78, 5) is 14.3. The lowest BCUT2D eigenvalue weighted by molar-refractivity contribution is -0.120. The zero-order valence-electron chi connectivity index (χ0n) is 13.0. The number of amides is 1. The molecule has 0 radical (unpaired) electrons. The van der Waals surface area contributed by atoms with Crippen LogP contribution in [-0.4, -0.2) is 26.1 Å². The van der Waals surface area contributed by atoms with Crippen LogP contribution in [0.5, 0.6) is 5.75 Å². The highest BCUT2D eigenvalue weighted by atomic mass is 16.5. The van der Waals surface area contributed by atoms with Crippen LogP contribution in [0, 0.1) is 5.41 Å². The van der Waals surface area contributed by atoms with E-state index in [-0.39, 0.29) is 11.3 Å². The first-order chi connectivity index (χ1) is 9.37. The van der Waals surface area contributed by atoms with Crippen molar-refractivity contribution < 1.29 is 9.53 Å². The van der Waals surface area contributed by atoms with Gasteiger partial charge in [-0.3, -0.25) is 4.79 Å². The summed E-state index contributed by atoms with van der Waals surface area (Å²) in [6, 6.07) is 7.59. The highest BCUT2D eigenvalue weighted by Gasteiger charge is 2.22. The van der Waals surface area contributed by atoms with E-state index in [2.05, 4.69) is 20.8 Å². The van der Waals surface area contributed by atoms with Crippen molar-refractivity contribution in [3.63, 3.8) is 0 Å². The van der Waals surface area contributed by atoms with Gasteiger partial charge in [0.15, 0.2) is 0 Å². The molecule has 0 bridgehead atoms. The molecule has 0 aliphatic carbocycles. The Morgan fingerprint density at radius 3 is 2.60 bits per heavy atom. The van der Waals surface area contributed by atoms with E-state index in [4.69, 9.17) is 10.5 Å². The van der Waals surface area contributed by atoms with Crippen molar-refractivity contribution in [3.05, 3.63) is 24.3 Å². The molecule has 1 aromatic rings. The second-order valence-electron chi connectivity index (χ2n) is 6.13. The first-order valence-electron chi connectivity index (χ1n) is 7.02. The van der Waals surface area contributed by atoms with Gasteiger partial charge in [-0.2, -0.15) is 0 Å². The molecule has 0 fully saturated rings. The van der Waals surface area contributed by atoms with E-state index < -0.39 is 0 Å². The van der Waals surface area contributed by atoms with Crippen LogP contribution in [0.4, 0.5) is 5.69 Å². The average molecular weight is 278 g/mol. The number of rotatable bonds is 6. The molecule has 4 nitrogen and oxygen atoms in total. The van der Waals surface area contributed by atoms with Crippen LogP contribution in [0.25, 0.3) is 0 Å². The van der Waals surface area contributed by atoms with Gasteiger partial charge in [0, 0.05) is 24.7 Å². The van der Waals surface area contributed by atoms with Gasteiger partial charge >= 0.3 is 0 Å². The maximum atomic E-state index is 12.5. The molecule has 112 valence electrons. The lowest BCUT2D eigenvalue weighted by Gasteiger charge is -2.27. The fourth-order valence-corrected chi connectivity index (χ4v) is 1.97. The van der Waals surface area contributed by atoms with Crippen molar-refractivity contribution in [1.29, 1.82) is 0 Å². The van der Waals surface area contributed by atoms with Crippen LogP contribution >= 0.6 is 0 Å². The van der Waals surface area contributed by atoms with Crippen molar-refractivity contribution in [2.24, 2.45) is 11.1 Å². The van der Waals surface area contributed by atoms with E-state index in [0.29, 0.717) is 19.5 Å². The van der Waals surface area contributed by atoms with Crippen LogP contribution in [0.15, 0.2) is 24.3 Å². The van der Waals surface area contributed by atoms with E-state index in [1.165, 1.54) is 0 Å². The topological polar surface area (TPSA) is 55.6 Å². The summed E-state index contributed by atoms with van der Waals surface area (Å²) in [7, 11) is 1.63. The van der Waals surface area contributed by atoms with Crippen molar-refractivity contribution in [3.8, 4) is 5.75 Å². The van der Waals surface area contributed by atoms with Gasteiger partial charge in [0.25, 0.3) is 0 Å². The Bertz CT molecular complexity index is 438. The molecule has 2 N–H and O–H groups in total. The fourth-order valence-electron chi connectivity index (χ4n) is 1.97. The summed E-state index contributed by atoms with van der Waals surface area (Å²) in [5, 5.41) is 0. The van der Waals surface area contributed by atoms with E-state index >= 15 is 0 Å². The van der Waals surface area contributed by atoms with Crippen molar-refractivity contribution >= 4 is 11.6 Å². The Labute approximate surface area is 121 Å². The fraction of sp³-hybridized carbons (Fsp3) is 0.562. The third-order valence-corrected chi connectivity index (χ3v) is 2.93. The van der Waals surface area contributed by atoms with Gasteiger partial charge < -0.3 is 15.4 Å². The van der Waals surface area contributed by atoms with E-state index in [1.807, 2.05) is 24.3 Å². The number of hydrogen-bond donors (Lipinski definition) is 1. The van der Waals surface area contributed by atoms with Crippen LogP contribution in [0.1, 0.15) is 33.6 Å². The SMILES string of the molecule is COc1cccc(N(CCCN)C(=O)CC(C)(C)C)c1. The zero-order chi connectivity index (χ0) is 15.2. The summed E-state index contributed by atoms with van der Waals surface area (Å²) < 4.78 is 5.23. The second-order valence-corrected chi connectivity index (χ2v) is 6.13. The Balaban J connectivity index is 2.95. The molecule has 1 rings (SSSR count). The van der Waals surface area contributed by atoms with Gasteiger partial charge in [0.2, 0.25) is 5.91 Å². The Morgan fingerprint density at radius 1 is 1.35 bits per heavy atom. The molecule has 0 unspecified atom stereocenters. The smallest absolute Gasteiger partial charge is 0.227 e. The number of hydrogen-bond acceptors (Lipinski definition) is 3. The summed E-state index contributed by atoms with van der Waals surface area (Å²) >= 11 is 0. The lowest BCUT2D eigenvalue weighted by Crippen LogP contribution is -2.35. The van der Waals surface area contributed by atoms with Gasteiger partial charge in [0.1, 0.15) is 5.75 Å². The van der Waals surface area contributed by atoms with Crippen LogP contribution < -0.4 is 15.4 Å². The predicted molar refractivity (Wildman–Crippen MR) is 83.1 cm³/mol. The second kappa shape index (κ2) is 7.29. The number of carbonyl (C=O) groups is 1. The van der Waals surface area contributed by atoms with Crippen LogP contribution in [-0.2, 0) is 4.79 Å². The summed E-state index contributed by atoms with van der Waals surface area (Å²) in [5.41, 5.74) is 6.41. The molecule has 0 spiro atoms. The highest BCUT2D eigenvalue weighted by molar-refractivity contribution is 5.93. The molecule has 0 heterocycles. The number of anilines is 1. The number of ether oxygens (including phenoxy) is 1. The quantitative estimate of drug-likeness (QED) is 0.870. The van der Waals surface area contributed by atoms with E-state index in [1.54, 1.807) is 12.0 Å². The summed E-state index contributed by atoms with van der Waals surface area (Å²) in [6.45, 7) is 7.41. The van der Waals surface area contributed by atoms with Gasteiger partial charge in [-0.05, 0) is 30.5 Å². The minimum Gasteiger partial charge on any atom is -0.497 e. The van der Waals surface area contributed by atoms with E-state index in [0.717, 1.165) is 17.9 Å². The first-order valence-corrected chi connectivity index (χ1v) is 7.02. The molecule has 1 aromatic carbocycles. The lowest BCUT2D eigenvalue weighted by atomic mass is 9.91. The van der Waals surface area contributed by atoms with Gasteiger partial charge in [-0.25, -0.2) is 0 Å². The number of benzene rings is 1. The number of nitrogens with two attached hydrogens (primary N) is 1. The molecule has 0 aliphatic rings. The van der Waals surface area contributed by atoms with Crippen LogP contribution in [0.3, 0.4) is 0 Å². The molecule has 0 aromatic heterocycles. The highest BCUT2D eigenvalue weighted by Crippen LogP contribution is 2.25. The van der Waals surface area contributed by atoms with Crippen LogP contribution in [0.2, 0.25) is 0 Å². The Kier molecular flexibility index (Phi) is 6.02. The molecule has 4 heteroatoms. The normalized spacial score (nSPS) is 11.2. The molecular formula is C16H26N2O2. The largest absolute Gasteiger partial charge is 0.497 e. The van der Waals surface area contributed by atoms with Gasteiger partial charge in [-0.1, -0.05) is 26.8 Å². The maximum Gasteiger partial charge on any atom is 0.227 e. The zero-order valence-corrected chi connectivity index (χ0v) is 13.0. The molecule has 20 heavy (non-hydrogen) atoms.